The minimum absolute atomic E-state index is 0.547. The summed E-state index contributed by atoms with van der Waals surface area (Å²) in [6, 6.07) is 4.70. The molecular formula is C21H28N4. The number of hydrogen-bond donors (Lipinski definition) is 1. The molecule has 4 heteroatoms. The SMILES string of the molecule is CCC(C)=C/C(=C1/N=C(C)C=CN1C)c1cccnc1NC1CCC1. The summed E-state index contributed by atoms with van der Waals surface area (Å²) in [5.74, 6) is 1.93. The van der Waals surface area contributed by atoms with Crippen LogP contribution in [0.4, 0.5) is 5.82 Å². The lowest BCUT2D eigenvalue weighted by atomic mass is 9.92. The highest BCUT2D eigenvalue weighted by Crippen LogP contribution is 2.32. The number of aromatic nitrogens is 1. The molecule has 2 heterocycles. The Bertz CT molecular complexity index is 751. The number of anilines is 1. The zero-order valence-electron chi connectivity index (χ0n) is 15.7. The Labute approximate surface area is 151 Å². The van der Waals surface area contributed by atoms with Gasteiger partial charge in [-0.05, 0) is 57.7 Å². The normalized spacial score (nSPS) is 20.2. The van der Waals surface area contributed by atoms with Crippen LogP contribution in [-0.4, -0.2) is 28.7 Å². The maximum Gasteiger partial charge on any atom is 0.140 e. The molecule has 2 aliphatic rings. The lowest BCUT2D eigenvalue weighted by Crippen LogP contribution is -2.28. The van der Waals surface area contributed by atoms with Gasteiger partial charge in [-0.25, -0.2) is 9.98 Å². The second kappa shape index (κ2) is 7.68. The van der Waals surface area contributed by atoms with Crippen molar-refractivity contribution in [2.24, 2.45) is 4.99 Å². The van der Waals surface area contributed by atoms with Crippen molar-refractivity contribution in [2.75, 3.05) is 12.4 Å². The first-order valence-electron chi connectivity index (χ1n) is 9.18. The lowest BCUT2D eigenvalue weighted by Gasteiger charge is -2.29. The van der Waals surface area contributed by atoms with Crippen LogP contribution in [-0.2, 0) is 0 Å². The van der Waals surface area contributed by atoms with Crippen LogP contribution in [0.5, 0.6) is 0 Å². The largest absolute Gasteiger partial charge is 0.367 e. The Morgan fingerprint density at radius 3 is 2.88 bits per heavy atom. The molecule has 1 aliphatic heterocycles. The molecular weight excluding hydrogens is 308 g/mol. The van der Waals surface area contributed by atoms with Gasteiger partial charge in [0.1, 0.15) is 11.6 Å². The van der Waals surface area contributed by atoms with E-state index in [2.05, 4.69) is 47.4 Å². The predicted molar refractivity (Wildman–Crippen MR) is 106 cm³/mol. The number of hydrogen-bond acceptors (Lipinski definition) is 4. The van der Waals surface area contributed by atoms with Crippen LogP contribution in [0.1, 0.15) is 52.0 Å². The summed E-state index contributed by atoms with van der Waals surface area (Å²) < 4.78 is 0. The van der Waals surface area contributed by atoms with E-state index in [-0.39, 0.29) is 0 Å². The minimum Gasteiger partial charge on any atom is -0.367 e. The molecule has 0 atom stereocenters. The first-order valence-corrected chi connectivity index (χ1v) is 9.18. The van der Waals surface area contributed by atoms with Crippen molar-refractivity contribution in [2.45, 2.75) is 52.5 Å². The van der Waals surface area contributed by atoms with E-state index in [1.165, 1.54) is 24.8 Å². The van der Waals surface area contributed by atoms with E-state index in [4.69, 9.17) is 4.99 Å². The Hall–Kier alpha value is -2.36. The van der Waals surface area contributed by atoms with Crippen molar-refractivity contribution in [3.63, 3.8) is 0 Å². The number of pyridine rings is 1. The van der Waals surface area contributed by atoms with Gasteiger partial charge >= 0.3 is 0 Å². The molecule has 0 aromatic carbocycles. The van der Waals surface area contributed by atoms with E-state index in [0.717, 1.165) is 34.9 Å². The highest BCUT2D eigenvalue weighted by molar-refractivity contribution is 5.96. The van der Waals surface area contributed by atoms with Gasteiger partial charge in [0.05, 0.1) is 0 Å². The molecule has 0 bridgehead atoms. The van der Waals surface area contributed by atoms with Crippen molar-refractivity contribution < 1.29 is 0 Å². The molecule has 3 rings (SSSR count). The molecule has 1 N–H and O–H groups in total. The zero-order chi connectivity index (χ0) is 17.8. The van der Waals surface area contributed by atoms with Gasteiger partial charge in [0.15, 0.2) is 0 Å². The summed E-state index contributed by atoms with van der Waals surface area (Å²) in [6.45, 7) is 6.39. The molecule has 0 radical (unpaired) electrons. The number of aliphatic imine (C=N–C) groups is 1. The van der Waals surface area contributed by atoms with Crippen LogP contribution in [0.25, 0.3) is 5.57 Å². The molecule has 1 aromatic rings. The zero-order valence-corrected chi connectivity index (χ0v) is 15.7. The van der Waals surface area contributed by atoms with Gasteiger partial charge in [0, 0.05) is 42.3 Å². The van der Waals surface area contributed by atoms with Crippen molar-refractivity contribution in [3.05, 3.63) is 53.6 Å². The van der Waals surface area contributed by atoms with Crippen LogP contribution in [0.2, 0.25) is 0 Å². The summed E-state index contributed by atoms with van der Waals surface area (Å²) in [6.07, 6.45) is 13.0. The summed E-state index contributed by atoms with van der Waals surface area (Å²) in [7, 11) is 2.05. The van der Waals surface area contributed by atoms with Gasteiger partial charge in [-0.3, -0.25) is 0 Å². The molecule has 1 fully saturated rings. The van der Waals surface area contributed by atoms with Crippen molar-refractivity contribution in [3.8, 4) is 0 Å². The number of nitrogens with one attached hydrogen (secondary N) is 1. The van der Waals surface area contributed by atoms with Crippen LogP contribution in [0.3, 0.4) is 0 Å². The maximum atomic E-state index is 4.82. The second-order valence-corrected chi connectivity index (χ2v) is 6.93. The third-order valence-corrected chi connectivity index (χ3v) is 4.89. The van der Waals surface area contributed by atoms with Crippen LogP contribution in [0, 0.1) is 0 Å². The minimum atomic E-state index is 0.547. The van der Waals surface area contributed by atoms with Gasteiger partial charge in [0.2, 0.25) is 0 Å². The fourth-order valence-corrected chi connectivity index (χ4v) is 2.92. The highest BCUT2D eigenvalue weighted by Gasteiger charge is 2.21. The van der Waals surface area contributed by atoms with Crippen molar-refractivity contribution in [1.29, 1.82) is 0 Å². The fraction of sp³-hybridized carbons (Fsp3) is 0.429. The third kappa shape index (κ3) is 4.01. The van der Waals surface area contributed by atoms with Gasteiger partial charge in [0.25, 0.3) is 0 Å². The quantitative estimate of drug-likeness (QED) is 0.823. The average molecular weight is 336 g/mol. The van der Waals surface area contributed by atoms with Crippen LogP contribution < -0.4 is 5.32 Å². The van der Waals surface area contributed by atoms with Crippen LogP contribution >= 0.6 is 0 Å². The third-order valence-electron chi connectivity index (χ3n) is 4.89. The monoisotopic (exact) mass is 336 g/mol. The topological polar surface area (TPSA) is 40.5 Å². The van der Waals surface area contributed by atoms with E-state index >= 15 is 0 Å². The summed E-state index contributed by atoms with van der Waals surface area (Å²) >= 11 is 0. The molecule has 1 aromatic heterocycles. The van der Waals surface area contributed by atoms with Gasteiger partial charge < -0.3 is 10.2 Å². The fourth-order valence-electron chi connectivity index (χ4n) is 2.92. The summed E-state index contributed by atoms with van der Waals surface area (Å²) in [5, 5.41) is 3.62. The van der Waals surface area contributed by atoms with E-state index in [1.807, 2.05) is 32.3 Å². The lowest BCUT2D eigenvalue weighted by molar-refractivity contribution is 0.444. The molecule has 1 aliphatic carbocycles. The molecule has 0 unspecified atom stereocenters. The van der Waals surface area contributed by atoms with E-state index < -0.39 is 0 Å². The Morgan fingerprint density at radius 1 is 1.40 bits per heavy atom. The number of nitrogens with zero attached hydrogens (tertiary/aromatic N) is 3. The predicted octanol–water partition coefficient (Wildman–Crippen LogP) is 4.99. The molecule has 1 saturated carbocycles. The molecule has 0 spiro atoms. The Morgan fingerprint density at radius 2 is 2.20 bits per heavy atom. The standard InChI is InChI=1S/C21H28N4/c1-5-15(2)14-19(21-23-16(3)11-13-25(21)4)18-10-7-12-22-20(18)24-17-8-6-9-17/h7,10-14,17H,5-6,8-9H2,1-4H3,(H,22,24)/b15-14?,21-19+. The van der Waals surface area contributed by atoms with E-state index in [1.54, 1.807) is 0 Å². The first-order chi connectivity index (χ1) is 12.1. The Kier molecular flexibility index (Phi) is 5.37. The molecule has 25 heavy (non-hydrogen) atoms. The van der Waals surface area contributed by atoms with Gasteiger partial charge in [-0.2, -0.15) is 0 Å². The van der Waals surface area contributed by atoms with Gasteiger partial charge in [-0.15, -0.1) is 0 Å². The van der Waals surface area contributed by atoms with E-state index in [0.29, 0.717) is 6.04 Å². The number of rotatable bonds is 5. The summed E-state index contributed by atoms with van der Waals surface area (Å²) in [4.78, 5) is 11.5. The van der Waals surface area contributed by atoms with Crippen molar-refractivity contribution >= 4 is 17.1 Å². The Balaban J connectivity index is 2.11. The highest BCUT2D eigenvalue weighted by atomic mass is 15.2. The van der Waals surface area contributed by atoms with Crippen LogP contribution in [0.15, 0.2) is 53.1 Å². The van der Waals surface area contributed by atoms with E-state index in [9.17, 15) is 0 Å². The maximum absolute atomic E-state index is 4.82. The molecule has 0 saturated heterocycles. The molecule has 132 valence electrons. The van der Waals surface area contributed by atoms with Crippen molar-refractivity contribution in [1.82, 2.24) is 9.88 Å². The first kappa shape index (κ1) is 17.5. The molecule has 4 nitrogen and oxygen atoms in total. The second-order valence-electron chi connectivity index (χ2n) is 6.93. The average Bonchev–Trinajstić information content (AvgIpc) is 2.58. The number of allylic oxidation sites excluding steroid dienone is 4. The summed E-state index contributed by atoms with van der Waals surface area (Å²) in [5.41, 5.74) is 4.60. The molecule has 0 amide bonds. The van der Waals surface area contributed by atoms with Gasteiger partial charge in [-0.1, -0.05) is 18.6 Å². The smallest absolute Gasteiger partial charge is 0.140 e.